The summed E-state index contributed by atoms with van der Waals surface area (Å²) in [7, 11) is -3.21. The molecule has 2 aromatic rings. The van der Waals surface area contributed by atoms with Gasteiger partial charge in [0.25, 0.3) is 0 Å². The third-order valence-corrected chi connectivity index (χ3v) is 5.52. The maximum atomic E-state index is 12.1. The number of sulfonamides is 1. The summed E-state index contributed by atoms with van der Waals surface area (Å²) in [5.41, 5.74) is 1.87. The summed E-state index contributed by atoms with van der Waals surface area (Å²) in [5, 5.41) is 0. The van der Waals surface area contributed by atoms with Gasteiger partial charge in [-0.3, -0.25) is 0 Å². The lowest BCUT2D eigenvalue weighted by molar-refractivity contribution is 0.517. The number of aromatic nitrogens is 2. The first-order chi connectivity index (χ1) is 10.1. The van der Waals surface area contributed by atoms with Crippen molar-refractivity contribution in [3.8, 4) is 0 Å². The first-order valence-electron chi connectivity index (χ1n) is 7.51. The molecule has 1 aromatic carbocycles. The summed E-state index contributed by atoms with van der Waals surface area (Å²) >= 11 is 0. The van der Waals surface area contributed by atoms with Crippen molar-refractivity contribution in [2.45, 2.75) is 32.2 Å². The number of fused-ring (bicyclic) bond motifs is 1. The Balaban J connectivity index is 1.58. The fourth-order valence-corrected chi connectivity index (χ4v) is 4.01. The second-order valence-electron chi connectivity index (χ2n) is 5.74. The molecule has 0 unspecified atom stereocenters. The lowest BCUT2D eigenvalue weighted by atomic mass is 10.1. The Morgan fingerprint density at radius 3 is 2.81 bits per heavy atom. The standard InChI is InChI=1S/C15H21N3O2S/c19-21(20,17-11-13-5-1-2-6-13)10-9-18-12-16-14-7-3-4-8-15(14)18/h3-4,7-8,12-13,17H,1-2,5-6,9-11H2. The molecule has 1 saturated carbocycles. The van der Waals surface area contributed by atoms with Gasteiger partial charge in [-0.1, -0.05) is 25.0 Å². The van der Waals surface area contributed by atoms with Crippen LogP contribution < -0.4 is 4.72 Å². The summed E-state index contributed by atoms with van der Waals surface area (Å²) in [5.74, 6) is 0.619. The maximum Gasteiger partial charge on any atom is 0.213 e. The molecule has 0 saturated heterocycles. The van der Waals surface area contributed by atoms with Crippen molar-refractivity contribution in [2.75, 3.05) is 12.3 Å². The van der Waals surface area contributed by atoms with Gasteiger partial charge < -0.3 is 4.57 Å². The molecule has 1 aliphatic carbocycles. The van der Waals surface area contributed by atoms with E-state index in [9.17, 15) is 8.42 Å². The smallest absolute Gasteiger partial charge is 0.213 e. The third kappa shape index (κ3) is 3.63. The summed E-state index contributed by atoms with van der Waals surface area (Å²) in [4.78, 5) is 4.28. The van der Waals surface area contributed by atoms with E-state index in [2.05, 4.69) is 9.71 Å². The quantitative estimate of drug-likeness (QED) is 0.889. The highest BCUT2D eigenvalue weighted by atomic mass is 32.2. The van der Waals surface area contributed by atoms with Crippen molar-refractivity contribution in [1.29, 1.82) is 0 Å². The third-order valence-electron chi connectivity index (χ3n) is 4.19. The lowest BCUT2D eigenvalue weighted by Gasteiger charge is -2.11. The van der Waals surface area contributed by atoms with Crippen LogP contribution in [0.4, 0.5) is 0 Å². The van der Waals surface area contributed by atoms with Crippen molar-refractivity contribution in [3.05, 3.63) is 30.6 Å². The molecule has 1 N–H and O–H groups in total. The van der Waals surface area contributed by atoms with Gasteiger partial charge >= 0.3 is 0 Å². The number of rotatable bonds is 6. The van der Waals surface area contributed by atoms with E-state index in [0.29, 0.717) is 19.0 Å². The minimum absolute atomic E-state index is 0.0973. The highest BCUT2D eigenvalue weighted by Gasteiger charge is 2.18. The van der Waals surface area contributed by atoms with Gasteiger partial charge in [-0.15, -0.1) is 0 Å². The molecular formula is C15H21N3O2S. The summed E-state index contributed by atoms with van der Waals surface area (Å²) in [6.45, 7) is 1.02. The van der Waals surface area contributed by atoms with Crippen LogP contribution >= 0.6 is 0 Å². The second-order valence-corrected chi connectivity index (χ2v) is 7.67. The molecule has 0 aliphatic heterocycles. The maximum absolute atomic E-state index is 12.1. The van der Waals surface area contributed by atoms with E-state index in [1.807, 2.05) is 28.8 Å². The van der Waals surface area contributed by atoms with E-state index in [4.69, 9.17) is 0 Å². The summed E-state index contributed by atoms with van der Waals surface area (Å²) in [6.07, 6.45) is 6.46. The fourth-order valence-electron chi connectivity index (χ4n) is 2.94. The van der Waals surface area contributed by atoms with Gasteiger partial charge in [-0.2, -0.15) is 0 Å². The topological polar surface area (TPSA) is 64.0 Å². The van der Waals surface area contributed by atoms with Gasteiger partial charge in [0, 0.05) is 13.1 Å². The SMILES string of the molecule is O=S(=O)(CCn1cnc2ccccc21)NCC1CCCC1. The summed E-state index contributed by atoms with van der Waals surface area (Å²) in [6, 6.07) is 7.76. The molecule has 1 heterocycles. The molecule has 114 valence electrons. The molecule has 1 aliphatic rings. The number of hydrogen-bond donors (Lipinski definition) is 1. The van der Waals surface area contributed by atoms with Crippen LogP contribution in [0.15, 0.2) is 30.6 Å². The van der Waals surface area contributed by atoms with Crippen LogP contribution in [0.2, 0.25) is 0 Å². The van der Waals surface area contributed by atoms with Crippen molar-refractivity contribution in [1.82, 2.24) is 14.3 Å². The molecule has 0 radical (unpaired) electrons. The molecule has 5 nitrogen and oxygen atoms in total. The molecule has 21 heavy (non-hydrogen) atoms. The van der Waals surface area contributed by atoms with Crippen molar-refractivity contribution >= 4 is 21.1 Å². The van der Waals surface area contributed by atoms with Gasteiger partial charge in [0.2, 0.25) is 10.0 Å². The number of nitrogens with one attached hydrogen (secondary N) is 1. The Labute approximate surface area is 125 Å². The van der Waals surface area contributed by atoms with Crippen LogP contribution in [0.5, 0.6) is 0 Å². The van der Waals surface area contributed by atoms with Gasteiger partial charge in [-0.05, 0) is 30.9 Å². The molecule has 0 spiro atoms. The minimum atomic E-state index is -3.21. The average Bonchev–Trinajstić information content (AvgIpc) is 3.13. The number of hydrogen-bond acceptors (Lipinski definition) is 3. The van der Waals surface area contributed by atoms with Gasteiger partial charge in [0.15, 0.2) is 0 Å². The molecule has 0 atom stereocenters. The predicted octanol–water partition coefficient (Wildman–Crippen LogP) is 2.15. The van der Waals surface area contributed by atoms with Crippen molar-refractivity contribution in [2.24, 2.45) is 5.92 Å². The lowest BCUT2D eigenvalue weighted by Crippen LogP contribution is -2.31. The van der Waals surface area contributed by atoms with E-state index in [1.54, 1.807) is 6.33 Å². The summed E-state index contributed by atoms with van der Waals surface area (Å²) < 4.78 is 28.8. The second kappa shape index (κ2) is 6.15. The van der Waals surface area contributed by atoms with Crippen LogP contribution in [0.25, 0.3) is 11.0 Å². The van der Waals surface area contributed by atoms with Gasteiger partial charge in [0.05, 0.1) is 23.1 Å². The Morgan fingerprint density at radius 2 is 2.00 bits per heavy atom. The van der Waals surface area contributed by atoms with Crippen LogP contribution in [0.1, 0.15) is 25.7 Å². The molecule has 3 rings (SSSR count). The van der Waals surface area contributed by atoms with E-state index in [0.717, 1.165) is 23.9 Å². The van der Waals surface area contributed by atoms with Crippen LogP contribution in [0, 0.1) is 5.92 Å². The number of nitrogens with zero attached hydrogens (tertiary/aromatic N) is 2. The molecule has 0 amide bonds. The largest absolute Gasteiger partial charge is 0.330 e. The Bertz CT molecular complexity index is 703. The Morgan fingerprint density at radius 1 is 1.24 bits per heavy atom. The zero-order valence-corrected chi connectivity index (χ0v) is 12.8. The van der Waals surface area contributed by atoms with Crippen molar-refractivity contribution < 1.29 is 8.42 Å². The van der Waals surface area contributed by atoms with E-state index in [1.165, 1.54) is 12.8 Å². The minimum Gasteiger partial charge on any atom is -0.330 e. The molecule has 6 heteroatoms. The number of imidazole rings is 1. The average molecular weight is 307 g/mol. The van der Waals surface area contributed by atoms with E-state index < -0.39 is 10.0 Å². The molecule has 1 fully saturated rings. The number of para-hydroxylation sites is 2. The highest BCUT2D eigenvalue weighted by Crippen LogP contribution is 2.23. The first kappa shape index (κ1) is 14.5. The van der Waals surface area contributed by atoms with Crippen molar-refractivity contribution in [3.63, 3.8) is 0 Å². The normalized spacial score (nSPS) is 16.8. The number of benzene rings is 1. The van der Waals surface area contributed by atoms with Crippen LogP contribution in [0.3, 0.4) is 0 Å². The van der Waals surface area contributed by atoms with E-state index >= 15 is 0 Å². The predicted molar refractivity (Wildman–Crippen MR) is 83.5 cm³/mol. The number of aryl methyl sites for hydroxylation is 1. The zero-order valence-electron chi connectivity index (χ0n) is 12.0. The fraction of sp³-hybridized carbons (Fsp3) is 0.533. The van der Waals surface area contributed by atoms with E-state index in [-0.39, 0.29) is 5.75 Å². The molecule has 0 bridgehead atoms. The first-order valence-corrected chi connectivity index (χ1v) is 9.16. The monoisotopic (exact) mass is 307 g/mol. The molecule has 1 aromatic heterocycles. The highest BCUT2D eigenvalue weighted by molar-refractivity contribution is 7.89. The van der Waals surface area contributed by atoms with Gasteiger partial charge in [0.1, 0.15) is 0 Å². The molecular weight excluding hydrogens is 286 g/mol. The van der Waals surface area contributed by atoms with Crippen LogP contribution in [-0.2, 0) is 16.6 Å². The zero-order chi connectivity index (χ0) is 14.7. The Hall–Kier alpha value is -1.40. The Kier molecular flexibility index (Phi) is 4.26. The van der Waals surface area contributed by atoms with Crippen LogP contribution in [-0.4, -0.2) is 30.3 Å². The van der Waals surface area contributed by atoms with Gasteiger partial charge in [-0.25, -0.2) is 18.1 Å².